The summed E-state index contributed by atoms with van der Waals surface area (Å²) in [5.41, 5.74) is 2.74. The van der Waals surface area contributed by atoms with E-state index in [0.717, 1.165) is 16.9 Å². The molecule has 1 aromatic heterocycles. The first-order valence-electron chi connectivity index (χ1n) is 5.57. The summed E-state index contributed by atoms with van der Waals surface area (Å²) in [5, 5.41) is 8.89. The Morgan fingerprint density at radius 1 is 1.28 bits per heavy atom. The van der Waals surface area contributed by atoms with Crippen molar-refractivity contribution in [3.8, 4) is 5.75 Å². The number of rotatable bonds is 4. The number of furan rings is 1. The van der Waals surface area contributed by atoms with Gasteiger partial charge < -0.3 is 14.3 Å². The zero-order chi connectivity index (χ0) is 13.1. The summed E-state index contributed by atoms with van der Waals surface area (Å²) in [6, 6.07) is 7.47. The molecule has 0 fully saturated rings. The van der Waals surface area contributed by atoms with E-state index < -0.39 is 5.97 Å². The Hall–Kier alpha value is -2.23. The summed E-state index contributed by atoms with van der Waals surface area (Å²) in [6.07, 6.45) is 1.35. The van der Waals surface area contributed by atoms with Crippen molar-refractivity contribution in [2.45, 2.75) is 20.5 Å². The molecule has 4 heteroatoms. The second-order valence-corrected chi connectivity index (χ2v) is 4.19. The molecule has 2 rings (SSSR count). The molecule has 0 radical (unpaired) electrons. The van der Waals surface area contributed by atoms with E-state index >= 15 is 0 Å². The van der Waals surface area contributed by atoms with E-state index in [1.165, 1.54) is 6.26 Å². The SMILES string of the molecule is Cc1cc(C)cc(OCc2ccoc2C(=O)O)c1. The molecule has 2 aromatic rings. The molecule has 0 amide bonds. The van der Waals surface area contributed by atoms with Crippen molar-refractivity contribution in [2.24, 2.45) is 0 Å². The maximum absolute atomic E-state index is 10.9. The van der Waals surface area contributed by atoms with Gasteiger partial charge in [0, 0.05) is 5.56 Å². The van der Waals surface area contributed by atoms with Gasteiger partial charge in [-0.3, -0.25) is 0 Å². The van der Waals surface area contributed by atoms with Gasteiger partial charge in [-0.1, -0.05) is 6.07 Å². The van der Waals surface area contributed by atoms with E-state index in [2.05, 4.69) is 0 Å². The molecule has 0 unspecified atom stereocenters. The number of aromatic carboxylic acids is 1. The van der Waals surface area contributed by atoms with Crippen LogP contribution in [0.1, 0.15) is 27.2 Å². The van der Waals surface area contributed by atoms with Gasteiger partial charge in [0.25, 0.3) is 0 Å². The largest absolute Gasteiger partial charge is 0.489 e. The monoisotopic (exact) mass is 246 g/mol. The molecule has 0 aliphatic rings. The Labute approximate surface area is 105 Å². The first-order chi connectivity index (χ1) is 8.56. The zero-order valence-electron chi connectivity index (χ0n) is 10.3. The van der Waals surface area contributed by atoms with Gasteiger partial charge in [0.15, 0.2) is 0 Å². The maximum Gasteiger partial charge on any atom is 0.372 e. The fourth-order valence-electron chi connectivity index (χ4n) is 1.81. The topological polar surface area (TPSA) is 59.7 Å². The van der Waals surface area contributed by atoms with Gasteiger partial charge in [-0.05, 0) is 43.2 Å². The van der Waals surface area contributed by atoms with Gasteiger partial charge in [-0.15, -0.1) is 0 Å². The normalized spacial score (nSPS) is 10.3. The summed E-state index contributed by atoms with van der Waals surface area (Å²) in [7, 11) is 0. The number of carboxylic acids is 1. The number of carboxylic acid groups (broad SMARTS) is 1. The van der Waals surface area contributed by atoms with Crippen molar-refractivity contribution in [1.82, 2.24) is 0 Å². The molecule has 94 valence electrons. The first-order valence-corrected chi connectivity index (χ1v) is 5.57. The summed E-state index contributed by atoms with van der Waals surface area (Å²) in [5.74, 6) is -0.427. The van der Waals surface area contributed by atoms with Crippen LogP contribution in [-0.4, -0.2) is 11.1 Å². The van der Waals surface area contributed by atoms with Crippen molar-refractivity contribution in [3.63, 3.8) is 0 Å². The van der Waals surface area contributed by atoms with E-state index in [4.69, 9.17) is 14.3 Å². The Morgan fingerprint density at radius 3 is 2.56 bits per heavy atom. The molecular weight excluding hydrogens is 232 g/mol. The number of aryl methyl sites for hydroxylation is 2. The number of carbonyl (C=O) groups is 1. The molecule has 18 heavy (non-hydrogen) atoms. The van der Waals surface area contributed by atoms with E-state index in [1.807, 2.05) is 32.0 Å². The Balaban J connectivity index is 2.11. The minimum absolute atomic E-state index is 0.0700. The van der Waals surface area contributed by atoms with Crippen LogP contribution in [-0.2, 0) is 6.61 Å². The lowest BCUT2D eigenvalue weighted by Gasteiger charge is -2.07. The molecule has 0 aliphatic heterocycles. The molecule has 0 atom stereocenters. The lowest BCUT2D eigenvalue weighted by molar-refractivity contribution is 0.0658. The second-order valence-electron chi connectivity index (χ2n) is 4.19. The first kappa shape index (κ1) is 12.2. The van der Waals surface area contributed by atoms with E-state index in [0.29, 0.717) is 5.56 Å². The molecule has 0 saturated heterocycles. The summed E-state index contributed by atoms with van der Waals surface area (Å²) < 4.78 is 10.5. The molecule has 0 spiro atoms. The third-order valence-corrected chi connectivity index (χ3v) is 2.53. The van der Waals surface area contributed by atoms with Gasteiger partial charge in [-0.25, -0.2) is 4.79 Å². The standard InChI is InChI=1S/C14H14O4/c1-9-5-10(2)7-12(6-9)18-8-11-3-4-17-13(11)14(15)16/h3-7H,8H2,1-2H3,(H,15,16). The molecule has 0 saturated carbocycles. The van der Waals surface area contributed by atoms with Crippen LogP contribution in [0.25, 0.3) is 0 Å². The quantitative estimate of drug-likeness (QED) is 0.900. The van der Waals surface area contributed by atoms with Crippen LogP contribution in [0, 0.1) is 13.8 Å². The van der Waals surface area contributed by atoms with Crippen molar-refractivity contribution in [2.75, 3.05) is 0 Å². The van der Waals surface area contributed by atoms with Gasteiger partial charge in [0.2, 0.25) is 5.76 Å². The van der Waals surface area contributed by atoms with Crippen LogP contribution in [0.5, 0.6) is 5.75 Å². The van der Waals surface area contributed by atoms with Crippen molar-refractivity contribution >= 4 is 5.97 Å². The smallest absolute Gasteiger partial charge is 0.372 e. The highest BCUT2D eigenvalue weighted by Gasteiger charge is 2.14. The van der Waals surface area contributed by atoms with Crippen LogP contribution in [0.4, 0.5) is 0 Å². The fraction of sp³-hybridized carbons (Fsp3) is 0.214. The van der Waals surface area contributed by atoms with Crippen LogP contribution in [0.3, 0.4) is 0 Å². The van der Waals surface area contributed by atoms with Crippen molar-refractivity contribution in [1.29, 1.82) is 0 Å². The highest BCUT2D eigenvalue weighted by atomic mass is 16.5. The maximum atomic E-state index is 10.9. The van der Waals surface area contributed by atoms with Crippen LogP contribution >= 0.6 is 0 Å². The van der Waals surface area contributed by atoms with E-state index in [9.17, 15) is 4.79 Å². The molecule has 1 heterocycles. The molecule has 0 aliphatic carbocycles. The minimum atomic E-state index is -1.08. The average molecular weight is 246 g/mol. The molecule has 1 aromatic carbocycles. The highest BCUT2D eigenvalue weighted by Crippen LogP contribution is 2.19. The Morgan fingerprint density at radius 2 is 1.94 bits per heavy atom. The summed E-state index contributed by atoms with van der Waals surface area (Å²) in [4.78, 5) is 10.9. The zero-order valence-corrected chi connectivity index (χ0v) is 10.3. The Bertz CT molecular complexity index is 549. The number of ether oxygens (including phenoxy) is 1. The molecular formula is C14H14O4. The third-order valence-electron chi connectivity index (χ3n) is 2.53. The van der Waals surface area contributed by atoms with E-state index in [1.54, 1.807) is 6.07 Å². The number of hydrogen-bond donors (Lipinski definition) is 1. The van der Waals surface area contributed by atoms with Crippen molar-refractivity contribution < 1.29 is 19.1 Å². The summed E-state index contributed by atoms with van der Waals surface area (Å²) in [6.45, 7) is 4.15. The fourth-order valence-corrected chi connectivity index (χ4v) is 1.81. The highest BCUT2D eigenvalue weighted by molar-refractivity contribution is 5.86. The van der Waals surface area contributed by atoms with Gasteiger partial charge >= 0.3 is 5.97 Å². The van der Waals surface area contributed by atoms with Crippen LogP contribution in [0.2, 0.25) is 0 Å². The van der Waals surface area contributed by atoms with Crippen molar-refractivity contribution in [3.05, 3.63) is 53.0 Å². The second kappa shape index (κ2) is 4.96. The predicted molar refractivity (Wildman–Crippen MR) is 65.9 cm³/mol. The number of hydrogen-bond acceptors (Lipinski definition) is 3. The lowest BCUT2D eigenvalue weighted by Crippen LogP contribution is -2.02. The van der Waals surface area contributed by atoms with Gasteiger partial charge in [-0.2, -0.15) is 0 Å². The van der Waals surface area contributed by atoms with Crippen LogP contribution in [0.15, 0.2) is 34.9 Å². The lowest BCUT2D eigenvalue weighted by atomic mass is 10.1. The van der Waals surface area contributed by atoms with Gasteiger partial charge in [0.1, 0.15) is 12.4 Å². The Kier molecular flexibility index (Phi) is 3.37. The molecule has 1 N–H and O–H groups in total. The number of benzene rings is 1. The summed E-state index contributed by atoms with van der Waals surface area (Å²) >= 11 is 0. The average Bonchev–Trinajstić information content (AvgIpc) is 2.73. The molecule has 0 bridgehead atoms. The third kappa shape index (κ3) is 2.71. The van der Waals surface area contributed by atoms with Gasteiger partial charge in [0.05, 0.1) is 6.26 Å². The minimum Gasteiger partial charge on any atom is -0.489 e. The van der Waals surface area contributed by atoms with Crippen LogP contribution < -0.4 is 4.74 Å². The molecule has 4 nitrogen and oxygen atoms in total. The predicted octanol–water partition coefficient (Wildman–Crippen LogP) is 3.17. The van der Waals surface area contributed by atoms with E-state index in [-0.39, 0.29) is 12.4 Å².